The van der Waals surface area contributed by atoms with Crippen molar-refractivity contribution in [3.63, 3.8) is 0 Å². The van der Waals surface area contributed by atoms with E-state index in [2.05, 4.69) is 5.32 Å². The number of aliphatic hydroxyl groups is 1. The van der Waals surface area contributed by atoms with Crippen LogP contribution >= 0.6 is 0 Å². The van der Waals surface area contributed by atoms with Crippen LogP contribution in [0.25, 0.3) is 0 Å². The lowest BCUT2D eigenvalue weighted by Crippen LogP contribution is -2.48. The van der Waals surface area contributed by atoms with Gasteiger partial charge in [-0.2, -0.15) is 0 Å². The number of aliphatic hydroxyl groups excluding tert-OH is 1. The Kier molecular flexibility index (Phi) is 5.95. The Labute approximate surface area is 130 Å². The van der Waals surface area contributed by atoms with Gasteiger partial charge in [-0.25, -0.2) is 4.79 Å². The summed E-state index contributed by atoms with van der Waals surface area (Å²) >= 11 is 0. The number of aliphatic carboxylic acids is 1. The maximum atomic E-state index is 12.1. The smallest absolute Gasteiger partial charge is 0.326 e. The van der Waals surface area contributed by atoms with E-state index in [1.165, 1.54) is 0 Å². The first-order valence-corrected chi connectivity index (χ1v) is 7.83. The largest absolute Gasteiger partial charge is 0.480 e. The molecule has 0 bridgehead atoms. The number of carboxylic acid groups (broad SMARTS) is 1. The lowest BCUT2D eigenvalue weighted by molar-refractivity contribution is -0.144. The summed E-state index contributed by atoms with van der Waals surface area (Å²) in [4.78, 5) is 23.5. The van der Waals surface area contributed by atoms with Crippen molar-refractivity contribution in [2.45, 2.75) is 50.7 Å². The zero-order valence-corrected chi connectivity index (χ0v) is 12.6. The lowest BCUT2D eigenvalue weighted by Gasteiger charge is -2.26. The molecular formula is C17H23NO4. The van der Waals surface area contributed by atoms with Crippen LogP contribution < -0.4 is 5.32 Å². The van der Waals surface area contributed by atoms with Crippen LogP contribution in [0.15, 0.2) is 30.3 Å². The van der Waals surface area contributed by atoms with Crippen LogP contribution in [0.3, 0.4) is 0 Å². The summed E-state index contributed by atoms with van der Waals surface area (Å²) in [7, 11) is 0. The molecule has 3 N–H and O–H groups in total. The Morgan fingerprint density at radius 3 is 2.36 bits per heavy atom. The van der Waals surface area contributed by atoms with Crippen LogP contribution in [0.1, 0.15) is 37.7 Å². The van der Waals surface area contributed by atoms with Crippen molar-refractivity contribution in [1.82, 2.24) is 5.32 Å². The molecule has 0 aromatic heterocycles. The van der Waals surface area contributed by atoms with Gasteiger partial charge in [0, 0.05) is 6.42 Å². The molecule has 0 radical (unpaired) electrons. The molecule has 2 rings (SSSR count). The first kappa shape index (κ1) is 16.5. The average Bonchev–Trinajstić information content (AvgIpc) is 2.55. The van der Waals surface area contributed by atoms with E-state index in [-0.39, 0.29) is 12.3 Å². The number of hydrogen-bond donors (Lipinski definition) is 3. The van der Waals surface area contributed by atoms with Crippen LogP contribution in [-0.2, 0) is 16.0 Å². The van der Waals surface area contributed by atoms with Gasteiger partial charge in [-0.3, -0.25) is 4.79 Å². The molecule has 0 aliphatic heterocycles. The van der Waals surface area contributed by atoms with Crippen LogP contribution in [0.4, 0.5) is 0 Å². The van der Waals surface area contributed by atoms with Gasteiger partial charge in [0.25, 0.3) is 0 Å². The first-order valence-electron chi connectivity index (χ1n) is 7.83. The summed E-state index contributed by atoms with van der Waals surface area (Å²) in [5, 5.41) is 21.9. The summed E-state index contributed by atoms with van der Waals surface area (Å²) in [5.41, 5.74) is 0.836. The molecule has 5 nitrogen and oxygen atoms in total. The van der Waals surface area contributed by atoms with E-state index in [0.717, 1.165) is 37.7 Å². The molecular weight excluding hydrogens is 282 g/mol. The molecule has 1 fully saturated rings. The van der Waals surface area contributed by atoms with Crippen molar-refractivity contribution in [1.29, 1.82) is 0 Å². The molecule has 1 aliphatic rings. The predicted molar refractivity (Wildman–Crippen MR) is 82.3 cm³/mol. The summed E-state index contributed by atoms with van der Waals surface area (Å²) in [6, 6.07) is 8.12. The first-order chi connectivity index (χ1) is 10.6. The van der Waals surface area contributed by atoms with Crippen molar-refractivity contribution >= 4 is 11.9 Å². The molecule has 5 heteroatoms. The summed E-state index contributed by atoms with van der Waals surface area (Å²) in [6.07, 6.45) is 3.91. The van der Waals surface area contributed by atoms with Gasteiger partial charge in [-0.05, 0) is 24.3 Å². The molecule has 1 aromatic carbocycles. The molecule has 2 atom stereocenters. The fourth-order valence-corrected chi connectivity index (χ4v) is 2.97. The average molecular weight is 305 g/mol. The Balaban J connectivity index is 1.95. The predicted octanol–water partition coefficient (Wildman–Crippen LogP) is 1.74. The molecule has 1 aliphatic carbocycles. The SMILES string of the molecule is O=C(N[C@H](Cc1ccccc1)C(=O)O)C(O)C1CCCCC1. The van der Waals surface area contributed by atoms with Crippen molar-refractivity contribution in [3.8, 4) is 0 Å². The van der Waals surface area contributed by atoms with Crippen LogP contribution in [0, 0.1) is 5.92 Å². The highest BCUT2D eigenvalue weighted by molar-refractivity contribution is 5.86. The van der Waals surface area contributed by atoms with E-state index in [0.29, 0.717) is 0 Å². The minimum absolute atomic E-state index is 0.0556. The second kappa shape index (κ2) is 7.94. The van der Waals surface area contributed by atoms with E-state index in [1.807, 2.05) is 30.3 Å². The fraction of sp³-hybridized carbons (Fsp3) is 0.529. The van der Waals surface area contributed by atoms with Gasteiger partial charge in [-0.15, -0.1) is 0 Å². The molecule has 1 amide bonds. The molecule has 1 saturated carbocycles. The minimum atomic E-state index is -1.11. The van der Waals surface area contributed by atoms with Crippen molar-refractivity contribution < 1.29 is 19.8 Å². The summed E-state index contributed by atoms with van der Waals surface area (Å²) in [5.74, 6) is -1.72. The number of nitrogens with one attached hydrogen (secondary N) is 1. The number of benzene rings is 1. The number of hydrogen-bond acceptors (Lipinski definition) is 3. The molecule has 0 saturated heterocycles. The normalized spacial score (nSPS) is 18.4. The third-order valence-electron chi connectivity index (χ3n) is 4.26. The van der Waals surface area contributed by atoms with Gasteiger partial charge in [0.1, 0.15) is 12.1 Å². The number of carbonyl (C=O) groups excluding carboxylic acids is 1. The Hall–Kier alpha value is -1.88. The topological polar surface area (TPSA) is 86.6 Å². The Morgan fingerprint density at radius 1 is 1.14 bits per heavy atom. The molecule has 22 heavy (non-hydrogen) atoms. The minimum Gasteiger partial charge on any atom is -0.480 e. The van der Waals surface area contributed by atoms with Crippen molar-refractivity contribution in [2.24, 2.45) is 5.92 Å². The highest BCUT2D eigenvalue weighted by Crippen LogP contribution is 2.26. The number of rotatable bonds is 6. The van der Waals surface area contributed by atoms with E-state index in [4.69, 9.17) is 0 Å². The summed E-state index contributed by atoms with van der Waals surface area (Å²) < 4.78 is 0. The third-order valence-corrected chi connectivity index (χ3v) is 4.26. The highest BCUT2D eigenvalue weighted by atomic mass is 16.4. The zero-order valence-electron chi connectivity index (χ0n) is 12.6. The van der Waals surface area contributed by atoms with Gasteiger partial charge < -0.3 is 15.5 Å². The maximum Gasteiger partial charge on any atom is 0.326 e. The zero-order chi connectivity index (χ0) is 15.9. The van der Waals surface area contributed by atoms with E-state index >= 15 is 0 Å². The second-order valence-corrected chi connectivity index (χ2v) is 5.93. The van der Waals surface area contributed by atoms with Crippen molar-refractivity contribution in [2.75, 3.05) is 0 Å². The lowest BCUT2D eigenvalue weighted by atomic mass is 9.85. The number of carbonyl (C=O) groups is 2. The van der Waals surface area contributed by atoms with E-state index in [1.54, 1.807) is 0 Å². The quantitative estimate of drug-likeness (QED) is 0.747. The monoisotopic (exact) mass is 305 g/mol. The standard InChI is InChI=1S/C17H23NO4/c19-15(13-9-5-2-6-10-13)16(20)18-14(17(21)22)11-12-7-3-1-4-8-12/h1,3-4,7-8,13-15,19H,2,5-6,9-11H2,(H,18,20)(H,21,22)/t14-,15?/m1/s1. The number of carboxylic acids is 1. The molecule has 0 heterocycles. The molecule has 1 aromatic rings. The van der Waals surface area contributed by atoms with Crippen LogP contribution in [0.2, 0.25) is 0 Å². The van der Waals surface area contributed by atoms with Crippen molar-refractivity contribution in [3.05, 3.63) is 35.9 Å². The van der Waals surface area contributed by atoms with Gasteiger partial charge >= 0.3 is 5.97 Å². The van der Waals surface area contributed by atoms with E-state index in [9.17, 15) is 19.8 Å². The maximum absolute atomic E-state index is 12.1. The molecule has 120 valence electrons. The molecule has 0 spiro atoms. The van der Waals surface area contributed by atoms with Crippen LogP contribution in [0.5, 0.6) is 0 Å². The number of amides is 1. The van der Waals surface area contributed by atoms with Crippen LogP contribution in [-0.4, -0.2) is 34.2 Å². The van der Waals surface area contributed by atoms with Gasteiger partial charge in [0.05, 0.1) is 0 Å². The van der Waals surface area contributed by atoms with E-state index < -0.39 is 24.0 Å². The third kappa shape index (κ3) is 4.56. The highest BCUT2D eigenvalue weighted by Gasteiger charge is 2.30. The Bertz CT molecular complexity index is 497. The van der Waals surface area contributed by atoms with Gasteiger partial charge in [-0.1, -0.05) is 49.6 Å². The van der Waals surface area contributed by atoms with Gasteiger partial charge in [0.15, 0.2) is 0 Å². The molecule has 1 unspecified atom stereocenters. The fourth-order valence-electron chi connectivity index (χ4n) is 2.97. The van der Waals surface area contributed by atoms with Gasteiger partial charge in [0.2, 0.25) is 5.91 Å². The second-order valence-electron chi connectivity index (χ2n) is 5.93. The Morgan fingerprint density at radius 2 is 1.77 bits per heavy atom. The summed E-state index contributed by atoms with van der Waals surface area (Å²) in [6.45, 7) is 0.